The van der Waals surface area contributed by atoms with Crippen LogP contribution in [0.15, 0.2) is 35.5 Å². The summed E-state index contributed by atoms with van der Waals surface area (Å²) in [5, 5.41) is 9.39. The van der Waals surface area contributed by atoms with Crippen molar-refractivity contribution in [1.29, 1.82) is 0 Å². The Labute approximate surface area is 165 Å². The molecule has 6 heteroatoms. The summed E-state index contributed by atoms with van der Waals surface area (Å²) in [5.41, 5.74) is 1.22. The Bertz CT molecular complexity index is 774. The van der Waals surface area contributed by atoms with Gasteiger partial charge in [-0.2, -0.15) is 0 Å². The van der Waals surface area contributed by atoms with Crippen molar-refractivity contribution in [2.75, 3.05) is 12.3 Å². The summed E-state index contributed by atoms with van der Waals surface area (Å²) in [4.78, 5) is 15.1. The van der Waals surface area contributed by atoms with E-state index in [1.165, 1.54) is 49.4 Å². The van der Waals surface area contributed by atoms with Gasteiger partial charge < -0.3 is 9.47 Å². The Hall–Kier alpha value is -1.82. The fourth-order valence-electron chi connectivity index (χ4n) is 4.56. The maximum atomic E-state index is 13.0. The summed E-state index contributed by atoms with van der Waals surface area (Å²) < 4.78 is 2.10. The molecule has 4 rings (SSSR count). The summed E-state index contributed by atoms with van der Waals surface area (Å²) in [5.74, 6) is 2.34. The smallest absolute Gasteiger partial charge is 0.233 e. The minimum atomic E-state index is 0.267. The van der Waals surface area contributed by atoms with E-state index in [1.807, 2.05) is 25.1 Å². The first-order valence-corrected chi connectivity index (χ1v) is 11.1. The van der Waals surface area contributed by atoms with Crippen LogP contribution in [0.3, 0.4) is 0 Å². The lowest BCUT2D eigenvalue weighted by Crippen LogP contribution is -2.50. The molecule has 2 heterocycles. The van der Waals surface area contributed by atoms with Crippen molar-refractivity contribution in [3.05, 3.63) is 41.7 Å². The van der Waals surface area contributed by atoms with E-state index >= 15 is 0 Å². The third-order valence-electron chi connectivity index (χ3n) is 5.97. The number of likely N-dealkylation sites (tertiary alicyclic amines) is 1. The number of aromatic nitrogens is 3. The molecule has 1 saturated heterocycles. The average Bonchev–Trinajstić information content (AvgIpc) is 3.06. The molecule has 2 aliphatic rings. The minimum absolute atomic E-state index is 0.267. The van der Waals surface area contributed by atoms with Gasteiger partial charge in [0.1, 0.15) is 5.82 Å². The molecule has 1 amide bonds. The number of carbonyl (C=O) groups is 1. The molecular formula is C21H28N4OS. The lowest BCUT2D eigenvalue weighted by molar-refractivity contribution is -0.134. The van der Waals surface area contributed by atoms with Gasteiger partial charge in [0.2, 0.25) is 5.91 Å². The van der Waals surface area contributed by atoms with Crippen molar-refractivity contribution in [3.8, 4) is 0 Å². The summed E-state index contributed by atoms with van der Waals surface area (Å²) >= 11 is 1.53. The molecule has 144 valence electrons. The highest BCUT2D eigenvalue weighted by molar-refractivity contribution is 7.99. The minimum Gasteiger partial charge on any atom is -0.339 e. The number of hydrogen-bond acceptors (Lipinski definition) is 4. The van der Waals surface area contributed by atoms with E-state index in [2.05, 4.69) is 31.8 Å². The molecule has 1 saturated carbocycles. The van der Waals surface area contributed by atoms with Crippen LogP contribution >= 0.6 is 11.8 Å². The Morgan fingerprint density at radius 2 is 1.89 bits per heavy atom. The van der Waals surface area contributed by atoms with Crippen molar-refractivity contribution in [2.24, 2.45) is 5.92 Å². The maximum absolute atomic E-state index is 13.0. The maximum Gasteiger partial charge on any atom is 0.233 e. The summed E-state index contributed by atoms with van der Waals surface area (Å²) in [6.45, 7) is 3.64. The van der Waals surface area contributed by atoms with Crippen LogP contribution in [0.4, 0.5) is 0 Å². The predicted octanol–water partition coefficient (Wildman–Crippen LogP) is 3.91. The number of piperidine rings is 1. The normalized spacial score (nSPS) is 22.5. The second-order valence-electron chi connectivity index (χ2n) is 7.73. The number of thioether (sulfide) groups is 1. The number of rotatable bonds is 5. The van der Waals surface area contributed by atoms with E-state index in [9.17, 15) is 4.79 Å². The van der Waals surface area contributed by atoms with Crippen molar-refractivity contribution < 1.29 is 4.79 Å². The van der Waals surface area contributed by atoms with E-state index in [-0.39, 0.29) is 5.91 Å². The lowest BCUT2D eigenvalue weighted by atomic mass is 9.78. The fourth-order valence-corrected chi connectivity index (χ4v) is 5.43. The van der Waals surface area contributed by atoms with E-state index < -0.39 is 0 Å². The number of carbonyl (C=O) groups excluding carboxylic acids is 1. The zero-order valence-electron chi connectivity index (χ0n) is 16.0. The Morgan fingerprint density at radius 1 is 1.11 bits per heavy atom. The van der Waals surface area contributed by atoms with Crippen LogP contribution in [-0.2, 0) is 11.3 Å². The molecule has 0 spiro atoms. The molecule has 2 atom stereocenters. The van der Waals surface area contributed by atoms with Gasteiger partial charge in [0.15, 0.2) is 5.16 Å². The van der Waals surface area contributed by atoms with E-state index in [1.54, 1.807) is 0 Å². The van der Waals surface area contributed by atoms with Crippen molar-refractivity contribution in [3.63, 3.8) is 0 Å². The predicted molar refractivity (Wildman–Crippen MR) is 108 cm³/mol. The molecule has 1 aromatic heterocycles. The molecule has 1 aliphatic carbocycles. The topological polar surface area (TPSA) is 51.0 Å². The first kappa shape index (κ1) is 18.5. The van der Waals surface area contributed by atoms with Gasteiger partial charge in [0, 0.05) is 12.6 Å². The number of nitrogens with zero attached hydrogens (tertiary/aromatic N) is 4. The Morgan fingerprint density at radius 3 is 2.74 bits per heavy atom. The second-order valence-corrected chi connectivity index (χ2v) is 8.67. The van der Waals surface area contributed by atoms with Gasteiger partial charge in [0.05, 0.1) is 12.3 Å². The zero-order valence-corrected chi connectivity index (χ0v) is 16.8. The highest BCUT2D eigenvalue weighted by Crippen LogP contribution is 2.35. The summed E-state index contributed by atoms with van der Waals surface area (Å²) in [6, 6.07) is 10.8. The molecule has 1 aliphatic heterocycles. The van der Waals surface area contributed by atoms with Crippen molar-refractivity contribution in [2.45, 2.75) is 63.2 Å². The Kier molecular flexibility index (Phi) is 5.81. The molecule has 2 unspecified atom stereocenters. The van der Waals surface area contributed by atoms with Gasteiger partial charge in [-0.25, -0.2) is 0 Å². The molecule has 0 radical (unpaired) electrons. The largest absolute Gasteiger partial charge is 0.339 e. The van der Waals surface area contributed by atoms with Crippen LogP contribution < -0.4 is 0 Å². The van der Waals surface area contributed by atoms with Crippen LogP contribution in [-0.4, -0.2) is 43.9 Å². The molecular weight excluding hydrogens is 356 g/mol. The van der Waals surface area contributed by atoms with Crippen LogP contribution in [0.5, 0.6) is 0 Å². The first-order chi connectivity index (χ1) is 13.2. The van der Waals surface area contributed by atoms with Crippen LogP contribution in [0.1, 0.15) is 49.9 Å². The Balaban J connectivity index is 1.40. The molecule has 0 N–H and O–H groups in total. The molecule has 5 nitrogen and oxygen atoms in total. The lowest BCUT2D eigenvalue weighted by Gasteiger charge is -2.44. The summed E-state index contributed by atoms with van der Waals surface area (Å²) in [6.07, 6.45) is 7.53. The first-order valence-electron chi connectivity index (χ1n) is 10.1. The quantitative estimate of drug-likeness (QED) is 0.734. The number of amides is 1. The summed E-state index contributed by atoms with van der Waals surface area (Å²) in [7, 11) is 0. The number of hydrogen-bond donors (Lipinski definition) is 0. The zero-order chi connectivity index (χ0) is 18.6. The van der Waals surface area contributed by atoms with Gasteiger partial charge in [-0.05, 0) is 44.1 Å². The van der Waals surface area contributed by atoms with E-state index in [4.69, 9.17) is 0 Å². The standard InChI is InChI=1S/C21H28N4OS/c1-16-22-23-21(25(16)14-17-8-3-2-4-9-17)27-15-20(26)24-13-7-11-18-10-5-6-12-19(18)24/h2-4,8-9,18-19H,5-7,10-15H2,1H3. The van der Waals surface area contributed by atoms with Crippen molar-refractivity contribution >= 4 is 17.7 Å². The van der Waals surface area contributed by atoms with Gasteiger partial charge in [-0.15, -0.1) is 10.2 Å². The number of benzene rings is 1. The fraction of sp³-hybridized carbons (Fsp3) is 0.571. The highest BCUT2D eigenvalue weighted by Gasteiger charge is 2.35. The average molecular weight is 385 g/mol. The van der Waals surface area contributed by atoms with Gasteiger partial charge in [0.25, 0.3) is 0 Å². The number of fused-ring (bicyclic) bond motifs is 1. The molecule has 2 aromatic rings. The number of aryl methyl sites for hydroxylation is 1. The van der Waals surface area contributed by atoms with Crippen molar-refractivity contribution in [1.82, 2.24) is 19.7 Å². The van der Waals surface area contributed by atoms with Gasteiger partial charge >= 0.3 is 0 Å². The van der Waals surface area contributed by atoms with Gasteiger partial charge in [-0.1, -0.05) is 54.9 Å². The molecule has 1 aromatic carbocycles. The van der Waals surface area contributed by atoms with E-state index in [0.29, 0.717) is 11.8 Å². The van der Waals surface area contributed by atoms with E-state index in [0.717, 1.165) is 36.4 Å². The molecule has 2 fully saturated rings. The third kappa shape index (κ3) is 4.21. The van der Waals surface area contributed by atoms with Crippen LogP contribution in [0, 0.1) is 12.8 Å². The monoisotopic (exact) mass is 384 g/mol. The SMILES string of the molecule is Cc1nnc(SCC(=O)N2CCCC3CCCCC32)n1Cc1ccccc1. The highest BCUT2D eigenvalue weighted by atomic mass is 32.2. The third-order valence-corrected chi connectivity index (χ3v) is 6.93. The second kappa shape index (κ2) is 8.46. The molecule has 27 heavy (non-hydrogen) atoms. The van der Waals surface area contributed by atoms with Crippen LogP contribution in [0.25, 0.3) is 0 Å². The molecule has 0 bridgehead atoms. The van der Waals surface area contributed by atoms with Gasteiger partial charge in [-0.3, -0.25) is 4.79 Å². The van der Waals surface area contributed by atoms with Crippen LogP contribution in [0.2, 0.25) is 0 Å².